The van der Waals surface area contributed by atoms with Crippen LogP contribution < -0.4 is 4.74 Å². The topological polar surface area (TPSA) is 47.9 Å². The van der Waals surface area contributed by atoms with Gasteiger partial charge in [0.15, 0.2) is 6.29 Å². The standard InChI is InChI=1S/C30H32O4/c1-32-22-12-10-21(11-13-22)28-33-19-29(18-31,20-34-28)16-17-30-15-14-23(24-6-2-4-8-26(24)30)25-7-3-5-9-27(25)30/h2-13,23,28,31H,14-20H2,1H3. The molecular weight excluding hydrogens is 424 g/mol. The highest BCUT2D eigenvalue weighted by Crippen LogP contribution is 2.58. The molecule has 0 aromatic heterocycles. The van der Waals surface area contributed by atoms with E-state index in [9.17, 15) is 5.11 Å². The highest BCUT2D eigenvalue weighted by molar-refractivity contribution is 5.59. The molecule has 0 radical (unpaired) electrons. The van der Waals surface area contributed by atoms with Crippen LogP contribution >= 0.6 is 0 Å². The van der Waals surface area contributed by atoms with Crippen molar-refractivity contribution in [2.45, 2.75) is 43.3 Å². The summed E-state index contributed by atoms with van der Waals surface area (Å²) in [4.78, 5) is 0. The Morgan fingerprint density at radius 3 is 2.06 bits per heavy atom. The molecule has 1 heterocycles. The summed E-state index contributed by atoms with van der Waals surface area (Å²) in [7, 11) is 1.66. The number of fused-ring (bicyclic) bond motifs is 1. The second kappa shape index (κ2) is 8.53. The van der Waals surface area contributed by atoms with E-state index in [2.05, 4.69) is 48.5 Å². The van der Waals surface area contributed by atoms with E-state index in [1.807, 2.05) is 24.3 Å². The fourth-order valence-corrected chi connectivity index (χ4v) is 6.49. The molecule has 0 amide bonds. The molecule has 0 atom stereocenters. The predicted molar refractivity (Wildman–Crippen MR) is 131 cm³/mol. The monoisotopic (exact) mass is 456 g/mol. The zero-order chi connectivity index (χ0) is 23.2. The summed E-state index contributed by atoms with van der Waals surface area (Å²) in [6, 6.07) is 25.8. The molecule has 1 aliphatic heterocycles. The van der Waals surface area contributed by atoms with Crippen molar-refractivity contribution in [3.8, 4) is 5.75 Å². The van der Waals surface area contributed by atoms with E-state index in [1.54, 1.807) is 7.11 Å². The van der Waals surface area contributed by atoms with E-state index in [0.29, 0.717) is 19.1 Å². The van der Waals surface area contributed by atoms with Crippen molar-refractivity contribution in [2.75, 3.05) is 26.9 Å². The van der Waals surface area contributed by atoms with Crippen LogP contribution in [0.15, 0.2) is 72.8 Å². The Hall–Kier alpha value is -2.66. The second-order valence-electron chi connectivity index (χ2n) is 10.2. The van der Waals surface area contributed by atoms with Crippen LogP contribution in [-0.4, -0.2) is 32.0 Å². The van der Waals surface area contributed by atoms with Crippen molar-refractivity contribution in [3.63, 3.8) is 0 Å². The molecule has 176 valence electrons. The molecule has 0 spiro atoms. The van der Waals surface area contributed by atoms with Crippen molar-refractivity contribution in [1.29, 1.82) is 0 Å². The van der Waals surface area contributed by atoms with Gasteiger partial charge in [-0.3, -0.25) is 0 Å². The minimum atomic E-state index is -0.407. The molecule has 2 bridgehead atoms. The zero-order valence-corrected chi connectivity index (χ0v) is 19.7. The number of aliphatic hydroxyl groups excluding tert-OH is 1. The van der Waals surface area contributed by atoms with Crippen molar-refractivity contribution in [3.05, 3.63) is 101 Å². The normalized spacial score (nSPS) is 29.4. The summed E-state index contributed by atoms with van der Waals surface area (Å²) in [5.41, 5.74) is 6.51. The first-order valence-electron chi connectivity index (χ1n) is 12.3. The minimum Gasteiger partial charge on any atom is -0.497 e. The van der Waals surface area contributed by atoms with Crippen LogP contribution in [0, 0.1) is 5.41 Å². The third-order valence-electron chi connectivity index (χ3n) is 8.45. The summed E-state index contributed by atoms with van der Waals surface area (Å²) in [5, 5.41) is 10.5. The number of aliphatic hydroxyl groups is 1. The van der Waals surface area contributed by atoms with Crippen molar-refractivity contribution < 1.29 is 19.3 Å². The smallest absolute Gasteiger partial charge is 0.183 e. The first kappa shape index (κ1) is 21.8. The van der Waals surface area contributed by atoms with Crippen LogP contribution in [0.5, 0.6) is 5.75 Å². The fourth-order valence-electron chi connectivity index (χ4n) is 6.49. The molecule has 4 heteroatoms. The SMILES string of the molecule is COc1ccc(C2OCC(CO)(CCC34CCC(c5ccccc53)c3ccccc34)CO2)cc1. The Labute approximate surface area is 201 Å². The Morgan fingerprint density at radius 2 is 1.47 bits per heavy atom. The summed E-state index contributed by atoms with van der Waals surface area (Å²) in [6.45, 7) is 1.04. The molecule has 4 nitrogen and oxygen atoms in total. The lowest BCUT2D eigenvalue weighted by Gasteiger charge is -2.51. The molecule has 3 aromatic carbocycles. The lowest BCUT2D eigenvalue weighted by atomic mass is 9.53. The molecule has 4 aliphatic rings. The van der Waals surface area contributed by atoms with Crippen LogP contribution in [-0.2, 0) is 14.9 Å². The van der Waals surface area contributed by atoms with Gasteiger partial charge in [-0.2, -0.15) is 0 Å². The summed E-state index contributed by atoms with van der Waals surface area (Å²) >= 11 is 0. The minimum absolute atomic E-state index is 0.00304. The average molecular weight is 457 g/mol. The summed E-state index contributed by atoms with van der Waals surface area (Å²) in [6.07, 6.45) is 3.77. The molecule has 34 heavy (non-hydrogen) atoms. The van der Waals surface area contributed by atoms with E-state index in [1.165, 1.54) is 28.7 Å². The number of ether oxygens (including phenoxy) is 3. The second-order valence-corrected chi connectivity index (χ2v) is 10.2. The Bertz CT molecular complexity index is 1110. The molecule has 1 N–H and O–H groups in total. The van der Waals surface area contributed by atoms with Crippen LogP contribution in [0.25, 0.3) is 0 Å². The first-order valence-corrected chi connectivity index (χ1v) is 12.3. The molecule has 0 saturated carbocycles. The maximum atomic E-state index is 10.5. The van der Waals surface area contributed by atoms with Gasteiger partial charge < -0.3 is 19.3 Å². The van der Waals surface area contributed by atoms with Gasteiger partial charge in [-0.25, -0.2) is 0 Å². The van der Waals surface area contributed by atoms with Gasteiger partial charge in [0.1, 0.15) is 5.75 Å². The van der Waals surface area contributed by atoms with Crippen LogP contribution in [0.4, 0.5) is 0 Å². The van der Waals surface area contributed by atoms with Gasteiger partial charge in [0.25, 0.3) is 0 Å². The Balaban J connectivity index is 1.24. The molecule has 3 aromatic rings. The third kappa shape index (κ3) is 3.39. The maximum Gasteiger partial charge on any atom is 0.183 e. The largest absolute Gasteiger partial charge is 0.497 e. The quantitative estimate of drug-likeness (QED) is 0.515. The number of hydrogen-bond acceptors (Lipinski definition) is 4. The molecular formula is C30H32O4. The highest BCUT2D eigenvalue weighted by Gasteiger charge is 2.49. The number of hydrogen-bond donors (Lipinski definition) is 1. The van der Waals surface area contributed by atoms with Crippen molar-refractivity contribution in [2.24, 2.45) is 5.41 Å². The predicted octanol–water partition coefficient (Wildman–Crippen LogP) is 5.72. The highest BCUT2D eigenvalue weighted by atomic mass is 16.7. The van der Waals surface area contributed by atoms with Crippen molar-refractivity contribution in [1.82, 2.24) is 0 Å². The molecule has 3 aliphatic carbocycles. The van der Waals surface area contributed by atoms with Gasteiger partial charge >= 0.3 is 0 Å². The number of benzene rings is 3. The van der Waals surface area contributed by atoms with Gasteiger partial charge in [0.05, 0.1) is 26.9 Å². The fraction of sp³-hybridized carbons (Fsp3) is 0.400. The van der Waals surface area contributed by atoms with Gasteiger partial charge in [0, 0.05) is 22.3 Å². The van der Waals surface area contributed by atoms with Crippen LogP contribution in [0.2, 0.25) is 0 Å². The molecule has 1 fully saturated rings. The van der Waals surface area contributed by atoms with E-state index in [-0.39, 0.29) is 12.0 Å². The summed E-state index contributed by atoms with van der Waals surface area (Å²) < 4.78 is 17.6. The van der Waals surface area contributed by atoms with Gasteiger partial charge in [0.2, 0.25) is 0 Å². The molecule has 7 rings (SSSR count). The molecule has 0 unspecified atom stereocenters. The van der Waals surface area contributed by atoms with Crippen LogP contribution in [0.3, 0.4) is 0 Å². The first-order chi connectivity index (χ1) is 16.7. The van der Waals surface area contributed by atoms with E-state index in [4.69, 9.17) is 14.2 Å². The van der Waals surface area contributed by atoms with E-state index >= 15 is 0 Å². The lowest BCUT2D eigenvalue weighted by Crippen LogP contribution is -2.45. The average Bonchev–Trinajstić information content (AvgIpc) is 2.93. The van der Waals surface area contributed by atoms with Gasteiger partial charge in [-0.1, -0.05) is 60.7 Å². The zero-order valence-electron chi connectivity index (χ0n) is 19.7. The van der Waals surface area contributed by atoms with E-state index < -0.39 is 11.7 Å². The summed E-state index contributed by atoms with van der Waals surface area (Å²) in [5.74, 6) is 1.32. The molecule has 1 saturated heterocycles. The Kier molecular flexibility index (Phi) is 5.48. The van der Waals surface area contributed by atoms with E-state index in [0.717, 1.165) is 30.6 Å². The third-order valence-corrected chi connectivity index (χ3v) is 8.45. The number of methoxy groups -OCH3 is 1. The van der Waals surface area contributed by atoms with Crippen LogP contribution in [0.1, 0.15) is 65.7 Å². The van der Waals surface area contributed by atoms with Gasteiger partial charge in [-0.05, 0) is 60.1 Å². The Morgan fingerprint density at radius 1 is 0.853 bits per heavy atom. The number of rotatable bonds is 6. The lowest BCUT2D eigenvalue weighted by molar-refractivity contribution is -0.243. The van der Waals surface area contributed by atoms with Crippen molar-refractivity contribution >= 4 is 0 Å². The van der Waals surface area contributed by atoms with Gasteiger partial charge in [-0.15, -0.1) is 0 Å². The maximum absolute atomic E-state index is 10.5.